The van der Waals surface area contributed by atoms with Crippen LogP contribution in [0.1, 0.15) is 23.6 Å². The van der Waals surface area contributed by atoms with E-state index in [2.05, 4.69) is 4.98 Å². The van der Waals surface area contributed by atoms with Crippen molar-refractivity contribution in [3.05, 3.63) is 64.2 Å². The summed E-state index contributed by atoms with van der Waals surface area (Å²) in [5.74, 6) is 0.114. The Labute approximate surface area is 151 Å². The van der Waals surface area contributed by atoms with Gasteiger partial charge in [0.1, 0.15) is 0 Å². The number of aromatic nitrogens is 3. The molecule has 0 radical (unpaired) electrons. The first-order chi connectivity index (χ1) is 12.6. The number of imidazole rings is 1. The van der Waals surface area contributed by atoms with Gasteiger partial charge in [0.15, 0.2) is 5.65 Å². The number of pyridine rings is 1. The van der Waals surface area contributed by atoms with Gasteiger partial charge in [-0.15, -0.1) is 0 Å². The maximum absolute atomic E-state index is 12.7. The third-order valence-corrected chi connectivity index (χ3v) is 5.33. The Balaban J connectivity index is 1.56. The van der Waals surface area contributed by atoms with E-state index in [9.17, 15) is 9.59 Å². The number of aryl methyl sites for hydroxylation is 2. The Morgan fingerprint density at radius 1 is 1.23 bits per heavy atom. The van der Waals surface area contributed by atoms with Gasteiger partial charge >= 0.3 is 5.69 Å². The SMILES string of the molecule is Cc1ccccc1CC(=O)N1CC[C@@H](n2c(=O)n(C)c3cccnc32)C1. The van der Waals surface area contributed by atoms with Gasteiger partial charge in [-0.25, -0.2) is 9.78 Å². The predicted molar refractivity (Wildman–Crippen MR) is 100 cm³/mol. The van der Waals surface area contributed by atoms with Crippen molar-refractivity contribution in [3.63, 3.8) is 0 Å². The number of hydrogen-bond donors (Lipinski definition) is 0. The first-order valence-corrected chi connectivity index (χ1v) is 8.90. The first kappa shape index (κ1) is 16.6. The van der Waals surface area contributed by atoms with Crippen LogP contribution in [0.15, 0.2) is 47.4 Å². The Kier molecular flexibility index (Phi) is 4.11. The van der Waals surface area contributed by atoms with E-state index in [-0.39, 0.29) is 17.6 Å². The molecule has 4 rings (SSSR count). The minimum Gasteiger partial charge on any atom is -0.340 e. The fourth-order valence-corrected chi connectivity index (χ4v) is 3.78. The van der Waals surface area contributed by atoms with Crippen LogP contribution in [0.4, 0.5) is 0 Å². The van der Waals surface area contributed by atoms with Crippen LogP contribution in [0.3, 0.4) is 0 Å². The van der Waals surface area contributed by atoms with Crippen molar-refractivity contribution in [2.75, 3.05) is 13.1 Å². The number of benzene rings is 1. The van der Waals surface area contributed by atoms with Crippen molar-refractivity contribution in [1.82, 2.24) is 19.0 Å². The topological polar surface area (TPSA) is 60.1 Å². The molecule has 0 spiro atoms. The van der Waals surface area contributed by atoms with Crippen LogP contribution >= 0.6 is 0 Å². The highest BCUT2D eigenvalue weighted by molar-refractivity contribution is 5.79. The summed E-state index contributed by atoms with van der Waals surface area (Å²) in [5, 5.41) is 0. The number of carbonyl (C=O) groups excluding carboxylic acids is 1. The second-order valence-corrected chi connectivity index (χ2v) is 6.94. The van der Waals surface area contributed by atoms with Gasteiger partial charge in [-0.1, -0.05) is 24.3 Å². The minimum atomic E-state index is -0.0723. The largest absolute Gasteiger partial charge is 0.340 e. The van der Waals surface area contributed by atoms with E-state index in [0.717, 1.165) is 23.1 Å². The summed E-state index contributed by atoms with van der Waals surface area (Å²) in [5.41, 5.74) is 3.63. The lowest BCUT2D eigenvalue weighted by atomic mass is 10.1. The third-order valence-electron chi connectivity index (χ3n) is 5.33. The molecular formula is C20H22N4O2. The van der Waals surface area contributed by atoms with Crippen LogP contribution in [-0.4, -0.2) is 38.0 Å². The second-order valence-electron chi connectivity index (χ2n) is 6.94. The van der Waals surface area contributed by atoms with Crippen molar-refractivity contribution in [3.8, 4) is 0 Å². The average Bonchev–Trinajstić information content (AvgIpc) is 3.21. The van der Waals surface area contributed by atoms with Gasteiger partial charge in [0.05, 0.1) is 18.0 Å². The minimum absolute atomic E-state index is 0.0260. The number of nitrogens with zero attached hydrogens (tertiary/aromatic N) is 4. The molecular weight excluding hydrogens is 328 g/mol. The summed E-state index contributed by atoms with van der Waals surface area (Å²) in [6.45, 7) is 3.25. The quantitative estimate of drug-likeness (QED) is 0.726. The zero-order chi connectivity index (χ0) is 18.3. The summed E-state index contributed by atoms with van der Waals surface area (Å²) in [4.78, 5) is 31.6. The van der Waals surface area contributed by atoms with Crippen LogP contribution < -0.4 is 5.69 Å². The third kappa shape index (κ3) is 2.71. The smallest absolute Gasteiger partial charge is 0.330 e. The molecule has 3 aromatic rings. The van der Waals surface area contributed by atoms with Gasteiger partial charge in [-0.05, 0) is 36.6 Å². The molecule has 0 unspecified atom stereocenters. The van der Waals surface area contributed by atoms with Gasteiger partial charge in [0.2, 0.25) is 5.91 Å². The van der Waals surface area contributed by atoms with E-state index in [4.69, 9.17) is 0 Å². The molecule has 1 saturated heterocycles. The molecule has 0 bridgehead atoms. The highest BCUT2D eigenvalue weighted by atomic mass is 16.2. The van der Waals surface area contributed by atoms with E-state index in [1.54, 1.807) is 22.4 Å². The van der Waals surface area contributed by atoms with E-state index >= 15 is 0 Å². The fraction of sp³-hybridized carbons (Fsp3) is 0.350. The number of fused-ring (bicyclic) bond motifs is 1. The number of amides is 1. The van der Waals surface area contributed by atoms with Crippen LogP contribution in [-0.2, 0) is 18.3 Å². The van der Waals surface area contributed by atoms with Gasteiger partial charge in [-0.2, -0.15) is 0 Å². The summed E-state index contributed by atoms with van der Waals surface area (Å²) in [6.07, 6.45) is 2.88. The molecule has 26 heavy (non-hydrogen) atoms. The van der Waals surface area contributed by atoms with Gasteiger partial charge in [0.25, 0.3) is 0 Å². The van der Waals surface area contributed by atoms with Crippen molar-refractivity contribution < 1.29 is 4.79 Å². The highest BCUT2D eigenvalue weighted by Gasteiger charge is 2.30. The molecule has 1 atom stereocenters. The molecule has 1 aliphatic heterocycles. The Hall–Kier alpha value is -2.89. The average molecular weight is 350 g/mol. The molecule has 1 aromatic carbocycles. The van der Waals surface area contributed by atoms with Gasteiger partial charge in [0, 0.05) is 26.3 Å². The van der Waals surface area contributed by atoms with Gasteiger partial charge < -0.3 is 4.90 Å². The van der Waals surface area contributed by atoms with Crippen LogP contribution in [0.2, 0.25) is 0 Å². The maximum Gasteiger partial charge on any atom is 0.330 e. The molecule has 1 aliphatic rings. The summed E-state index contributed by atoms with van der Waals surface area (Å²) < 4.78 is 3.37. The van der Waals surface area contributed by atoms with Crippen molar-refractivity contribution in [2.45, 2.75) is 25.8 Å². The zero-order valence-corrected chi connectivity index (χ0v) is 15.1. The van der Waals surface area contributed by atoms with Crippen molar-refractivity contribution in [2.24, 2.45) is 7.05 Å². The molecule has 6 nitrogen and oxygen atoms in total. The van der Waals surface area contributed by atoms with E-state index in [0.29, 0.717) is 25.2 Å². The van der Waals surface area contributed by atoms with Crippen LogP contribution in [0.25, 0.3) is 11.2 Å². The summed E-state index contributed by atoms with van der Waals surface area (Å²) >= 11 is 0. The maximum atomic E-state index is 12.7. The Morgan fingerprint density at radius 2 is 2.04 bits per heavy atom. The van der Waals surface area contributed by atoms with Crippen LogP contribution in [0.5, 0.6) is 0 Å². The van der Waals surface area contributed by atoms with E-state index in [1.807, 2.05) is 48.2 Å². The zero-order valence-electron chi connectivity index (χ0n) is 15.1. The number of carbonyl (C=O) groups is 1. The normalized spacial score (nSPS) is 17.2. The Morgan fingerprint density at radius 3 is 2.85 bits per heavy atom. The molecule has 2 aromatic heterocycles. The van der Waals surface area contributed by atoms with Crippen LogP contribution in [0, 0.1) is 6.92 Å². The highest BCUT2D eigenvalue weighted by Crippen LogP contribution is 2.24. The first-order valence-electron chi connectivity index (χ1n) is 8.90. The Bertz CT molecular complexity index is 1030. The van der Waals surface area contributed by atoms with Crippen molar-refractivity contribution >= 4 is 17.1 Å². The molecule has 1 fully saturated rings. The van der Waals surface area contributed by atoms with E-state index in [1.165, 1.54) is 0 Å². The lowest BCUT2D eigenvalue weighted by Gasteiger charge is -2.17. The number of hydrogen-bond acceptors (Lipinski definition) is 3. The van der Waals surface area contributed by atoms with E-state index < -0.39 is 0 Å². The summed E-state index contributed by atoms with van der Waals surface area (Å²) in [6, 6.07) is 11.7. The van der Waals surface area contributed by atoms with Gasteiger partial charge in [-0.3, -0.25) is 13.9 Å². The lowest BCUT2D eigenvalue weighted by molar-refractivity contribution is -0.129. The summed E-state index contributed by atoms with van der Waals surface area (Å²) in [7, 11) is 1.76. The number of rotatable bonds is 3. The molecule has 134 valence electrons. The molecule has 0 aliphatic carbocycles. The predicted octanol–water partition coefficient (Wildman–Crippen LogP) is 2.06. The fourth-order valence-electron chi connectivity index (χ4n) is 3.78. The monoisotopic (exact) mass is 350 g/mol. The van der Waals surface area contributed by atoms with Crippen molar-refractivity contribution in [1.29, 1.82) is 0 Å². The lowest BCUT2D eigenvalue weighted by Crippen LogP contribution is -2.32. The molecule has 0 saturated carbocycles. The molecule has 0 N–H and O–H groups in total. The second kappa shape index (κ2) is 6.44. The molecule has 3 heterocycles. The molecule has 1 amide bonds. The standard InChI is InChI=1S/C20H22N4O2/c1-14-6-3-4-7-15(14)12-18(25)23-11-9-16(13-23)24-19-17(8-5-10-21-19)22(2)20(24)26/h3-8,10,16H,9,11-13H2,1-2H3/t16-/m1/s1. The molecule has 6 heteroatoms. The number of likely N-dealkylation sites (tertiary alicyclic amines) is 1.